The molecule has 2 heterocycles. The molecule has 1 amide bonds. The van der Waals surface area contributed by atoms with Crippen molar-refractivity contribution in [1.82, 2.24) is 5.32 Å². The molecule has 0 spiro atoms. The molecule has 26 heavy (non-hydrogen) atoms. The fourth-order valence-corrected chi connectivity index (χ4v) is 3.59. The molecule has 1 aromatic heterocycles. The molecule has 0 saturated carbocycles. The Morgan fingerprint density at radius 3 is 2.54 bits per heavy atom. The summed E-state index contributed by atoms with van der Waals surface area (Å²) in [5.41, 5.74) is 1.20. The van der Waals surface area contributed by atoms with Crippen LogP contribution in [0.1, 0.15) is 31.4 Å². The van der Waals surface area contributed by atoms with Crippen molar-refractivity contribution >= 4 is 11.7 Å². The number of hydrogen-bond donors (Lipinski definition) is 2. The van der Waals surface area contributed by atoms with Crippen molar-refractivity contribution in [3.8, 4) is 0 Å². The van der Waals surface area contributed by atoms with Gasteiger partial charge in [-0.25, -0.2) is 4.98 Å². The summed E-state index contributed by atoms with van der Waals surface area (Å²) < 4.78 is 0. The summed E-state index contributed by atoms with van der Waals surface area (Å²) in [6.07, 6.45) is 3.99. The third kappa shape index (κ3) is 5.05. The number of quaternary nitrogens is 1. The van der Waals surface area contributed by atoms with Crippen molar-refractivity contribution in [2.45, 2.75) is 25.8 Å². The highest BCUT2D eigenvalue weighted by molar-refractivity contribution is 5.77. The molecule has 0 radical (unpaired) electrons. The van der Waals surface area contributed by atoms with Crippen molar-refractivity contribution in [2.24, 2.45) is 0 Å². The topological polar surface area (TPSA) is 50.9 Å². The van der Waals surface area contributed by atoms with Gasteiger partial charge in [-0.2, -0.15) is 0 Å². The van der Waals surface area contributed by atoms with Crippen molar-refractivity contribution < 1.29 is 14.7 Å². The highest BCUT2D eigenvalue weighted by Gasteiger charge is 2.27. The van der Waals surface area contributed by atoms with Crippen molar-refractivity contribution in [3.63, 3.8) is 0 Å². The van der Waals surface area contributed by atoms with E-state index in [4.69, 9.17) is 0 Å². The van der Waals surface area contributed by atoms with Gasteiger partial charge in [-0.15, -0.1) is 0 Å². The second-order valence-electron chi connectivity index (χ2n) is 6.98. The van der Waals surface area contributed by atoms with Gasteiger partial charge in [-0.1, -0.05) is 49.7 Å². The molecule has 0 unspecified atom stereocenters. The molecule has 0 aliphatic carbocycles. The summed E-state index contributed by atoms with van der Waals surface area (Å²) in [6, 6.07) is 16.6. The van der Waals surface area contributed by atoms with E-state index in [2.05, 4.69) is 46.4 Å². The standard InChI is InChI=1S/C21H28N4O/c1-2-8-19(18-9-4-3-5-10-18)23-21(26)17-24-13-15-25(16-14-24)20-11-6-7-12-22-20/h3-7,9-12,19H,2,8,13-17H2,1H3,(H,23,26)/p+2/t19-/m1/s1. The van der Waals surface area contributed by atoms with E-state index in [0.717, 1.165) is 44.8 Å². The molecule has 138 valence electrons. The van der Waals surface area contributed by atoms with Crippen LogP contribution >= 0.6 is 0 Å². The minimum Gasteiger partial charge on any atom is -0.344 e. The maximum Gasteiger partial charge on any atom is 0.275 e. The van der Waals surface area contributed by atoms with E-state index in [1.807, 2.05) is 30.5 Å². The first-order valence-electron chi connectivity index (χ1n) is 9.66. The zero-order chi connectivity index (χ0) is 18.2. The molecule has 1 aliphatic rings. The third-order valence-electron chi connectivity index (χ3n) is 5.03. The van der Waals surface area contributed by atoms with Crippen LogP contribution in [0.2, 0.25) is 0 Å². The number of hydrogen-bond acceptors (Lipinski definition) is 2. The first-order valence-corrected chi connectivity index (χ1v) is 9.66. The summed E-state index contributed by atoms with van der Waals surface area (Å²) >= 11 is 0. The largest absolute Gasteiger partial charge is 0.344 e. The Kier molecular flexibility index (Phi) is 6.61. The summed E-state index contributed by atoms with van der Waals surface area (Å²) in [5.74, 6) is 1.31. The maximum atomic E-state index is 12.6. The Morgan fingerprint density at radius 2 is 1.88 bits per heavy atom. The minimum atomic E-state index is 0.119. The lowest BCUT2D eigenvalue weighted by molar-refractivity contribution is -0.892. The molecule has 2 aromatic rings. The zero-order valence-electron chi connectivity index (χ0n) is 15.6. The van der Waals surface area contributed by atoms with Crippen LogP contribution in [0.15, 0.2) is 54.7 Å². The molecule has 0 bridgehead atoms. The summed E-state index contributed by atoms with van der Waals surface area (Å²) in [6.45, 7) is 6.63. The highest BCUT2D eigenvalue weighted by Crippen LogP contribution is 2.17. The quantitative estimate of drug-likeness (QED) is 0.775. The van der Waals surface area contributed by atoms with Gasteiger partial charge in [0.15, 0.2) is 6.54 Å². The lowest BCUT2D eigenvalue weighted by Crippen LogP contribution is -3.16. The Labute approximate surface area is 156 Å². The molecular weight excluding hydrogens is 324 g/mol. The second-order valence-corrected chi connectivity index (χ2v) is 6.98. The van der Waals surface area contributed by atoms with E-state index in [9.17, 15) is 4.79 Å². The van der Waals surface area contributed by atoms with Crippen molar-refractivity contribution in [1.29, 1.82) is 0 Å². The fourth-order valence-electron chi connectivity index (χ4n) is 3.59. The van der Waals surface area contributed by atoms with Gasteiger partial charge < -0.3 is 10.2 Å². The van der Waals surface area contributed by atoms with E-state index in [1.165, 1.54) is 10.5 Å². The molecule has 1 saturated heterocycles. The Bertz CT molecular complexity index is 669. The molecule has 1 atom stereocenters. The minimum absolute atomic E-state index is 0.119. The number of aromatic nitrogens is 1. The van der Waals surface area contributed by atoms with Crippen LogP contribution < -0.4 is 20.1 Å². The van der Waals surface area contributed by atoms with E-state index >= 15 is 0 Å². The highest BCUT2D eigenvalue weighted by atomic mass is 16.2. The zero-order valence-corrected chi connectivity index (χ0v) is 15.6. The van der Waals surface area contributed by atoms with Crippen molar-refractivity contribution in [2.75, 3.05) is 37.6 Å². The lowest BCUT2D eigenvalue weighted by Gasteiger charge is -2.28. The molecule has 3 N–H and O–H groups in total. The van der Waals surface area contributed by atoms with Gasteiger partial charge in [-0.3, -0.25) is 9.69 Å². The van der Waals surface area contributed by atoms with Gasteiger partial charge in [0.1, 0.15) is 26.2 Å². The smallest absolute Gasteiger partial charge is 0.275 e. The van der Waals surface area contributed by atoms with E-state index in [0.29, 0.717) is 6.54 Å². The van der Waals surface area contributed by atoms with E-state index in [1.54, 1.807) is 0 Å². The van der Waals surface area contributed by atoms with Gasteiger partial charge in [0.05, 0.1) is 12.2 Å². The van der Waals surface area contributed by atoms with Crippen LogP contribution in [0.5, 0.6) is 0 Å². The number of rotatable bonds is 7. The molecule has 5 nitrogen and oxygen atoms in total. The first kappa shape index (κ1) is 18.4. The average molecular weight is 354 g/mol. The van der Waals surface area contributed by atoms with Gasteiger partial charge in [-0.05, 0) is 18.1 Å². The maximum absolute atomic E-state index is 12.6. The van der Waals surface area contributed by atoms with Crippen LogP contribution in [-0.4, -0.2) is 38.6 Å². The van der Waals surface area contributed by atoms with Crippen LogP contribution in [0.25, 0.3) is 0 Å². The lowest BCUT2D eigenvalue weighted by atomic mass is 10.0. The number of pyridine rings is 1. The number of nitrogens with one attached hydrogen (secondary N) is 3. The second kappa shape index (κ2) is 9.34. The molecule has 1 aromatic carbocycles. The monoisotopic (exact) mass is 354 g/mol. The molecule has 1 fully saturated rings. The Balaban J connectivity index is 1.49. The Hall–Kier alpha value is -2.40. The van der Waals surface area contributed by atoms with Crippen LogP contribution in [0, 0.1) is 0 Å². The number of nitrogens with zero attached hydrogens (tertiary/aromatic N) is 1. The average Bonchev–Trinajstić information content (AvgIpc) is 2.69. The fraction of sp³-hybridized carbons (Fsp3) is 0.429. The third-order valence-corrected chi connectivity index (χ3v) is 5.03. The number of anilines is 1. The van der Waals surface area contributed by atoms with E-state index < -0.39 is 0 Å². The van der Waals surface area contributed by atoms with Gasteiger partial charge in [0, 0.05) is 6.07 Å². The number of amides is 1. The van der Waals surface area contributed by atoms with E-state index in [-0.39, 0.29) is 11.9 Å². The van der Waals surface area contributed by atoms with Gasteiger partial charge in [0.2, 0.25) is 0 Å². The molecule has 3 rings (SSSR count). The van der Waals surface area contributed by atoms with Gasteiger partial charge >= 0.3 is 0 Å². The molecular formula is C21H30N4O+2. The summed E-state index contributed by atoms with van der Waals surface area (Å²) in [7, 11) is 0. The van der Waals surface area contributed by atoms with Crippen LogP contribution in [0.4, 0.5) is 5.82 Å². The molecule has 5 heteroatoms. The van der Waals surface area contributed by atoms with Gasteiger partial charge in [0.25, 0.3) is 11.7 Å². The number of carbonyl (C=O) groups is 1. The number of benzene rings is 1. The predicted molar refractivity (Wildman–Crippen MR) is 103 cm³/mol. The van der Waals surface area contributed by atoms with Crippen LogP contribution in [0.3, 0.4) is 0 Å². The Morgan fingerprint density at radius 1 is 1.15 bits per heavy atom. The number of H-pyrrole nitrogens is 1. The SMILES string of the molecule is CCC[C@@H](NC(=O)C[NH+]1CCN(c2cccc[nH+]2)CC1)c1ccccc1. The predicted octanol–water partition coefficient (Wildman–Crippen LogP) is 0.863. The number of aromatic amines is 1. The first-order chi connectivity index (χ1) is 12.8. The molecule has 1 aliphatic heterocycles. The van der Waals surface area contributed by atoms with Crippen molar-refractivity contribution in [3.05, 3.63) is 60.3 Å². The summed E-state index contributed by atoms with van der Waals surface area (Å²) in [4.78, 5) is 19.6. The summed E-state index contributed by atoms with van der Waals surface area (Å²) in [5, 5.41) is 3.24. The van der Waals surface area contributed by atoms with Crippen LogP contribution in [-0.2, 0) is 4.79 Å². The number of carbonyl (C=O) groups excluding carboxylic acids is 1. The number of piperazine rings is 1. The normalized spacial score (nSPS) is 16.3.